The van der Waals surface area contributed by atoms with Crippen LogP contribution in [0.3, 0.4) is 0 Å². The summed E-state index contributed by atoms with van der Waals surface area (Å²) < 4.78 is 60.7. The Balaban J connectivity index is 1.72. The highest BCUT2D eigenvalue weighted by atomic mass is 19.3. The van der Waals surface area contributed by atoms with Gasteiger partial charge in [0.05, 0.1) is 11.3 Å². The maximum absolute atomic E-state index is 13.8. The van der Waals surface area contributed by atoms with E-state index in [1.54, 1.807) is 19.2 Å². The minimum absolute atomic E-state index is 0.398. The SMILES string of the molecule is Cc1ncnc2c1ccn2[C@@H]1O[C@H]([C@@H](O)c2cc(F)c(F)c(C(F)F)c2)[C@@](C)(O)[C@H]1O. The Morgan fingerprint density at radius 2 is 1.94 bits per heavy atom. The molecule has 0 spiro atoms. The molecule has 3 aromatic rings. The summed E-state index contributed by atoms with van der Waals surface area (Å²) >= 11 is 0. The number of rotatable bonds is 4. The molecule has 5 atom stereocenters. The zero-order valence-electron chi connectivity index (χ0n) is 16.4. The third-order valence-electron chi connectivity index (χ3n) is 5.66. The molecule has 0 bridgehead atoms. The monoisotopic (exact) mass is 441 g/mol. The molecule has 1 fully saturated rings. The van der Waals surface area contributed by atoms with Crippen molar-refractivity contribution in [3.05, 3.63) is 59.2 Å². The minimum Gasteiger partial charge on any atom is -0.386 e. The van der Waals surface area contributed by atoms with Gasteiger partial charge in [-0.15, -0.1) is 0 Å². The van der Waals surface area contributed by atoms with E-state index < -0.39 is 59.3 Å². The van der Waals surface area contributed by atoms with Crippen LogP contribution in [-0.2, 0) is 4.74 Å². The summed E-state index contributed by atoms with van der Waals surface area (Å²) in [6, 6.07) is 2.84. The van der Waals surface area contributed by atoms with Crippen LogP contribution in [0.5, 0.6) is 0 Å². The first-order valence-corrected chi connectivity index (χ1v) is 9.33. The summed E-state index contributed by atoms with van der Waals surface area (Å²) in [5.74, 6) is -3.30. The minimum atomic E-state index is -3.32. The molecule has 3 heterocycles. The molecule has 3 N–H and O–H groups in total. The lowest BCUT2D eigenvalue weighted by atomic mass is 9.88. The van der Waals surface area contributed by atoms with Gasteiger partial charge < -0.3 is 24.6 Å². The summed E-state index contributed by atoms with van der Waals surface area (Å²) in [5.41, 5.74) is -2.66. The second-order valence-electron chi connectivity index (χ2n) is 7.69. The number of fused-ring (bicyclic) bond motifs is 1. The summed E-state index contributed by atoms with van der Waals surface area (Å²) in [7, 11) is 0. The van der Waals surface area contributed by atoms with Crippen LogP contribution >= 0.6 is 0 Å². The lowest BCUT2D eigenvalue weighted by Gasteiger charge is -2.30. The Hall–Kier alpha value is -2.60. The maximum Gasteiger partial charge on any atom is 0.266 e. The molecule has 31 heavy (non-hydrogen) atoms. The van der Waals surface area contributed by atoms with Gasteiger partial charge in [-0.25, -0.2) is 27.5 Å². The smallest absolute Gasteiger partial charge is 0.266 e. The van der Waals surface area contributed by atoms with E-state index in [4.69, 9.17) is 4.74 Å². The molecular formula is C20H19F4N3O4. The van der Waals surface area contributed by atoms with Crippen molar-refractivity contribution in [2.45, 2.75) is 50.4 Å². The molecule has 166 valence electrons. The third-order valence-corrected chi connectivity index (χ3v) is 5.66. The topological polar surface area (TPSA) is 101 Å². The predicted molar refractivity (Wildman–Crippen MR) is 99.1 cm³/mol. The van der Waals surface area contributed by atoms with Crippen LogP contribution in [0.15, 0.2) is 30.7 Å². The van der Waals surface area contributed by atoms with Gasteiger partial charge in [-0.1, -0.05) is 0 Å². The number of benzene rings is 1. The highest BCUT2D eigenvalue weighted by Crippen LogP contribution is 2.44. The second kappa shape index (κ2) is 7.52. The van der Waals surface area contributed by atoms with Crippen LogP contribution in [0.4, 0.5) is 17.6 Å². The molecule has 0 aliphatic carbocycles. The largest absolute Gasteiger partial charge is 0.386 e. The van der Waals surface area contributed by atoms with Gasteiger partial charge in [-0.2, -0.15) is 0 Å². The number of nitrogens with zero attached hydrogens (tertiary/aromatic N) is 3. The lowest BCUT2D eigenvalue weighted by Crippen LogP contribution is -2.47. The fraction of sp³-hybridized carbons (Fsp3) is 0.400. The van der Waals surface area contributed by atoms with Crippen LogP contribution in [-0.4, -0.2) is 47.7 Å². The quantitative estimate of drug-likeness (QED) is 0.539. The van der Waals surface area contributed by atoms with Crippen molar-refractivity contribution >= 4 is 11.0 Å². The zero-order chi connectivity index (χ0) is 22.7. The highest BCUT2D eigenvalue weighted by Gasteiger charge is 2.56. The van der Waals surface area contributed by atoms with E-state index in [1.807, 2.05) is 0 Å². The summed E-state index contributed by atoms with van der Waals surface area (Å²) in [4.78, 5) is 8.22. The Kier molecular flexibility index (Phi) is 5.24. The molecule has 11 heteroatoms. The van der Waals surface area contributed by atoms with Crippen molar-refractivity contribution in [3.63, 3.8) is 0 Å². The van der Waals surface area contributed by atoms with E-state index in [-0.39, 0.29) is 0 Å². The van der Waals surface area contributed by atoms with Crippen LogP contribution in [0, 0.1) is 18.6 Å². The summed E-state index contributed by atoms with van der Waals surface area (Å²) in [6.07, 6.45) is -6.63. The third kappa shape index (κ3) is 3.37. The van der Waals surface area contributed by atoms with E-state index in [2.05, 4.69) is 9.97 Å². The van der Waals surface area contributed by atoms with Crippen molar-refractivity contribution < 1.29 is 37.6 Å². The number of hydrogen-bond donors (Lipinski definition) is 3. The van der Waals surface area contributed by atoms with Crippen LogP contribution in [0.1, 0.15) is 42.5 Å². The average molecular weight is 441 g/mol. The van der Waals surface area contributed by atoms with Crippen molar-refractivity contribution in [1.82, 2.24) is 14.5 Å². The fourth-order valence-corrected chi connectivity index (χ4v) is 3.87. The van der Waals surface area contributed by atoms with Crippen LogP contribution in [0.2, 0.25) is 0 Å². The molecule has 1 aliphatic rings. The highest BCUT2D eigenvalue weighted by molar-refractivity contribution is 5.78. The molecule has 1 aliphatic heterocycles. The second-order valence-corrected chi connectivity index (χ2v) is 7.69. The predicted octanol–water partition coefficient (Wildman–Crippen LogP) is 2.70. The van der Waals surface area contributed by atoms with E-state index in [9.17, 15) is 32.9 Å². The van der Waals surface area contributed by atoms with Crippen LogP contribution < -0.4 is 0 Å². The van der Waals surface area contributed by atoms with Gasteiger partial charge in [-0.3, -0.25) is 0 Å². The Bertz CT molecular complexity index is 1140. The number of hydrogen-bond acceptors (Lipinski definition) is 6. The van der Waals surface area contributed by atoms with Gasteiger partial charge in [0.2, 0.25) is 0 Å². The number of aromatic nitrogens is 3. The van der Waals surface area contributed by atoms with Gasteiger partial charge in [0, 0.05) is 11.6 Å². The van der Waals surface area contributed by atoms with Gasteiger partial charge in [0.15, 0.2) is 17.9 Å². The lowest BCUT2D eigenvalue weighted by molar-refractivity contribution is -0.115. The van der Waals surface area contributed by atoms with Crippen molar-refractivity contribution in [3.8, 4) is 0 Å². The number of alkyl halides is 2. The average Bonchev–Trinajstić information content (AvgIpc) is 3.23. The Morgan fingerprint density at radius 3 is 2.61 bits per heavy atom. The number of ether oxygens (including phenoxy) is 1. The molecular weight excluding hydrogens is 422 g/mol. The van der Waals surface area contributed by atoms with E-state index >= 15 is 0 Å². The van der Waals surface area contributed by atoms with Gasteiger partial charge >= 0.3 is 0 Å². The maximum atomic E-state index is 13.8. The first-order valence-electron chi connectivity index (χ1n) is 9.33. The normalized spacial score (nSPS) is 27.4. The molecule has 1 saturated heterocycles. The standard InChI is InChI=1S/C20H19F4N3O4/c1-8-10-3-4-27(18(10)26-7-25-8)19-15(29)20(2,30)16(31-19)14(28)9-5-11(17(23)24)13(22)12(21)6-9/h3-7,14-17,19,28-30H,1-2H3/t14-,15-,16+,19+,20-/m0/s1. The molecule has 0 unspecified atom stereocenters. The first kappa shape index (κ1) is 21.6. The summed E-state index contributed by atoms with van der Waals surface area (Å²) in [6.45, 7) is 2.94. The molecule has 0 saturated carbocycles. The number of halogens is 4. The van der Waals surface area contributed by atoms with Crippen LogP contribution in [0.25, 0.3) is 11.0 Å². The van der Waals surface area contributed by atoms with Gasteiger partial charge in [-0.05, 0) is 37.6 Å². The van der Waals surface area contributed by atoms with Crippen molar-refractivity contribution in [2.24, 2.45) is 0 Å². The van der Waals surface area contributed by atoms with Crippen molar-refractivity contribution in [1.29, 1.82) is 0 Å². The van der Waals surface area contributed by atoms with E-state index in [0.29, 0.717) is 28.9 Å². The number of aliphatic hydroxyl groups excluding tert-OH is 2. The molecule has 1 aromatic carbocycles. The summed E-state index contributed by atoms with van der Waals surface area (Å²) in [5, 5.41) is 32.9. The fourth-order valence-electron chi connectivity index (χ4n) is 3.87. The molecule has 2 aromatic heterocycles. The molecule has 0 radical (unpaired) electrons. The van der Waals surface area contributed by atoms with Crippen molar-refractivity contribution in [2.75, 3.05) is 0 Å². The number of aliphatic hydroxyl groups is 3. The van der Waals surface area contributed by atoms with Gasteiger partial charge in [0.25, 0.3) is 6.43 Å². The van der Waals surface area contributed by atoms with E-state index in [0.717, 1.165) is 0 Å². The molecule has 4 rings (SSSR count). The molecule has 7 nitrogen and oxygen atoms in total. The Morgan fingerprint density at radius 1 is 1.23 bits per heavy atom. The number of aryl methyl sites for hydroxylation is 1. The first-order chi connectivity index (χ1) is 14.5. The van der Waals surface area contributed by atoms with E-state index in [1.165, 1.54) is 17.8 Å². The van der Waals surface area contributed by atoms with Gasteiger partial charge in [0.1, 0.15) is 35.9 Å². The zero-order valence-corrected chi connectivity index (χ0v) is 16.4. The Labute approximate surface area is 173 Å². The molecule has 0 amide bonds.